The predicted molar refractivity (Wildman–Crippen MR) is 72.8 cm³/mol. The molecule has 4 heteroatoms. The molecule has 0 saturated carbocycles. The van der Waals surface area contributed by atoms with Gasteiger partial charge in [-0.15, -0.1) is 0 Å². The van der Waals surface area contributed by atoms with Crippen molar-refractivity contribution in [1.82, 2.24) is 4.98 Å². The molecule has 0 saturated heterocycles. The van der Waals surface area contributed by atoms with E-state index in [1.54, 1.807) is 25.1 Å². The minimum absolute atomic E-state index is 0.0639. The Hall–Kier alpha value is -2.54. The molecule has 0 unspecified atom stereocenters. The summed E-state index contributed by atoms with van der Waals surface area (Å²) in [6.07, 6.45) is 0. The number of aromatic amines is 1. The first-order valence-electron chi connectivity index (χ1n) is 5.92. The maximum Gasteiger partial charge on any atom is 0.384 e. The van der Waals surface area contributed by atoms with Crippen molar-refractivity contribution in [3.05, 3.63) is 45.7 Å². The lowest BCUT2D eigenvalue weighted by molar-refractivity contribution is -0.136. The molecule has 1 aromatic heterocycles. The Kier molecular flexibility index (Phi) is 3.67. The van der Waals surface area contributed by atoms with Crippen LogP contribution in [-0.4, -0.2) is 17.6 Å². The molecule has 19 heavy (non-hydrogen) atoms. The number of pyridine rings is 1. The summed E-state index contributed by atoms with van der Waals surface area (Å²) in [5.74, 6) is 4.49. The molecule has 0 aliphatic carbocycles. The number of carbonyl (C=O) groups is 1. The summed E-state index contributed by atoms with van der Waals surface area (Å²) in [4.78, 5) is 26.1. The van der Waals surface area contributed by atoms with Gasteiger partial charge in [0.15, 0.2) is 5.43 Å². The number of hydrogen-bond donors (Lipinski definition) is 1. The Bertz CT molecular complexity index is 747. The Morgan fingerprint density at radius 1 is 1.37 bits per heavy atom. The highest BCUT2D eigenvalue weighted by Gasteiger charge is 2.01. The van der Waals surface area contributed by atoms with Gasteiger partial charge >= 0.3 is 5.97 Å². The molecule has 1 N–H and O–H groups in total. The van der Waals surface area contributed by atoms with Crippen LogP contribution in [-0.2, 0) is 9.53 Å². The zero-order valence-corrected chi connectivity index (χ0v) is 10.7. The number of nitrogens with one attached hydrogen (secondary N) is 1. The maximum atomic E-state index is 11.8. The number of esters is 1. The van der Waals surface area contributed by atoms with Crippen LogP contribution in [0.3, 0.4) is 0 Å². The molecule has 4 nitrogen and oxygen atoms in total. The van der Waals surface area contributed by atoms with Crippen LogP contribution in [0.5, 0.6) is 0 Å². The number of fused-ring (bicyclic) bond motifs is 1. The average Bonchev–Trinajstić information content (AvgIpc) is 2.37. The van der Waals surface area contributed by atoms with Crippen molar-refractivity contribution in [2.24, 2.45) is 0 Å². The van der Waals surface area contributed by atoms with Crippen LogP contribution in [0.25, 0.3) is 10.9 Å². The van der Waals surface area contributed by atoms with Gasteiger partial charge in [-0.2, -0.15) is 0 Å². The second kappa shape index (κ2) is 5.40. The van der Waals surface area contributed by atoms with Gasteiger partial charge in [0.2, 0.25) is 0 Å². The SMILES string of the molecule is CCOC(=O)C#Cc1ccc2[nH]c(C)cc(=O)c2c1. The van der Waals surface area contributed by atoms with Crippen molar-refractivity contribution in [3.8, 4) is 11.8 Å². The molecule has 0 bridgehead atoms. The van der Waals surface area contributed by atoms with Crippen molar-refractivity contribution in [2.45, 2.75) is 13.8 Å². The van der Waals surface area contributed by atoms with Gasteiger partial charge in [-0.1, -0.05) is 5.92 Å². The first-order valence-corrected chi connectivity index (χ1v) is 5.92. The summed E-state index contributed by atoms with van der Waals surface area (Å²) >= 11 is 0. The van der Waals surface area contributed by atoms with Gasteiger partial charge < -0.3 is 9.72 Å². The molecule has 0 radical (unpaired) electrons. The largest absolute Gasteiger partial charge is 0.456 e. The van der Waals surface area contributed by atoms with Gasteiger partial charge in [0.05, 0.1) is 6.61 Å². The van der Waals surface area contributed by atoms with Crippen LogP contribution in [0, 0.1) is 18.8 Å². The van der Waals surface area contributed by atoms with Crippen molar-refractivity contribution in [3.63, 3.8) is 0 Å². The van der Waals surface area contributed by atoms with E-state index in [9.17, 15) is 9.59 Å². The molecule has 0 spiro atoms. The van der Waals surface area contributed by atoms with Gasteiger partial charge in [-0.3, -0.25) is 4.79 Å². The second-order valence-corrected chi connectivity index (χ2v) is 4.05. The number of carbonyl (C=O) groups excluding carboxylic acids is 1. The standard InChI is InChI=1S/C15H13NO3/c1-3-19-15(18)7-5-11-4-6-13-12(9-11)14(17)8-10(2)16-13/h4,6,8-9H,3H2,1-2H3,(H,16,17). The van der Waals surface area contributed by atoms with Crippen molar-refractivity contribution in [2.75, 3.05) is 6.61 Å². The van der Waals surface area contributed by atoms with E-state index in [-0.39, 0.29) is 5.43 Å². The number of H-pyrrole nitrogens is 1. The minimum Gasteiger partial charge on any atom is -0.456 e. The molecule has 2 rings (SSSR count). The van der Waals surface area contributed by atoms with E-state index in [0.717, 1.165) is 11.2 Å². The molecule has 0 fully saturated rings. The van der Waals surface area contributed by atoms with Crippen LogP contribution in [0.15, 0.2) is 29.1 Å². The maximum absolute atomic E-state index is 11.8. The normalized spacial score (nSPS) is 9.79. The third kappa shape index (κ3) is 3.02. The fraction of sp³-hybridized carbons (Fsp3) is 0.200. The van der Waals surface area contributed by atoms with Gasteiger partial charge in [0, 0.05) is 34.1 Å². The Morgan fingerprint density at radius 3 is 2.89 bits per heavy atom. The highest BCUT2D eigenvalue weighted by Crippen LogP contribution is 2.10. The molecule has 0 aliphatic heterocycles. The monoisotopic (exact) mass is 255 g/mol. The van der Waals surface area contributed by atoms with Gasteiger partial charge in [-0.05, 0) is 32.0 Å². The lowest BCUT2D eigenvalue weighted by Gasteiger charge is -2.00. The molecular formula is C15H13NO3. The minimum atomic E-state index is -0.569. The number of rotatable bonds is 1. The zero-order chi connectivity index (χ0) is 13.8. The fourth-order valence-electron chi connectivity index (χ4n) is 1.75. The van der Waals surface area contributed by atoms with E-state index in [1.807, 2.05) is 6.92 Å². The van der Waals surface area contributed by atoms with Crippen LogP contribution in [0.4, 0.5) is 0 Å². The molecule has 0 aliphatic rings. The van der Waals surface area contributed by atoms with Crippen molar-refractivity contribution < 1.29 is 9.53 Å². The second-order valence-electron chi connectivity index (χ2n) is 4.05. The number of aromatic nitrogens is 1. The molecule has 1 heterocycles. The molecule has 0 amide bonds. The molecule has 96 valence electrons. The topological polar surface area (TPSA) is 59.2 Å². The van der Waals surface area contributed by atoms with Gasteiger partial charge in [-0.25, -0.2) is 4.79 Å². The fourth-order valence-corrected chi connectivity index (χ4v) is 1.75. The summed E-state index contributed by atoms with van der Waals surface area (Å²) in [6, 6.07) is 6.73. The number of ether oxygens (including phenoxy) is 1. The summed E-state index contributed by atoms with van der Waals surface area (Å²) in [6.45, 7) is 3.84. The summed E-state index contributed by atoms with van der Waals surface area (Å²) in [5, 5.41) is 0.557. The van der Waals surface area contributed by atoms with Gasteiger partial charge in [0.25, 0.3) is 0 Å². The highest BCUT2D eigenvalue weighted by molar-refractivity contribution is 5.89. The van der Waals surface area contributed by atoms with E-state index >= 15 is 0 Å². The van der Waals surface area contributed by atoms with Crippen LogP contribution >= 0.6 is 0 Å². The van der Waals surface area contributed by atoms with E-state index in [0.29, 0.717) is 17.6 Å². The molecule has 1 aromatic carbocycles. The Labute approximate surface area is 110 Å². The highest BCUT2D eigenvalue weighted by atomic mass is 16.5. The number of hydrogen-bond acceptors (Lipinski definition) is 3. The zero-order valence-electron chi connectivity index (χ0n) is 10.7. The summed E-state index contributed by atoms with van der Waals surface area (Å²) < 4.78 is 4.71. The summed E-state index contributed by atoms with van der Waals surface area (Å²) in [5.41, 5.74) is 2.11. The van der Waals surface area contributed by atoms with Crippen LogP contribution in [0.2, 0.25) is 0 Å². The third-order valence-corrected chi connectivity index (χ3v) is 2.55. The lowest BCUT2D eigenvalue weighted by Crippen LogP contribution is -2.03. The average molecular weight is 255 g/mol. The quantitative estimate of drug-likeness (QED) is 0.624. The van der Waals surface area contributed by atoms with E-state index in [2.05, 4.69) is 16.8 Å². The van der Waals surface area contributed by atoms with Crippen molar-refractivity contribution >= 4 is 16.9 Å². The van der Waals surface area contributed by atoms with Crippen molar-refractivity contribution in [1.29, 1.82) is 0 Å². The first kappa shape index (κ1) is 12.9. The molecular weight excluding hydrogens is 242 g/mol. The van der Waals surface area contributed by atoms with E-state index < -0.39 is 5.97 Å². The first-order chi connectivity index (χ1) is 9.10. The predicted octanol–water partition coefficient (Wildman–Crippen LogP) is 1.75. The van der Waals surface area contributed by atoms with E-state index in [1.165, 1.54) is 6.07 Å². The van der Waals surface area contributed by atoms with E-state index in [4.69, 9.17) is 4.74 Å². The number of aryl methyl sites for hydroxylation is 1. The lowest BCUT2D eigenvalue weighted by atomic mass is 10.1. The van der Waals surface area contributed by atoms with Crippen LogP contribution < -0.4 is 5.43 Å². The number of benzene rings is 1. The molecule has 2 aromatic rings. The third-order valence-electron chi connectivity index (χ3n) is 2.55. The summed E-state index contributed by atoms with van der Waals surface area (Å²) in [7, 11) is 0. The Balaban J connectivity index is 2.42. The molecule has 0 atom stereocenters. The Morgan fingerprint density at radius 2 is 2.16 bits per heavy atom. The van der Waals surface area contributed by atoms with Gasteiger partial charge in [0.1, 0.15) is 0 Å². The van der Waals surface area contributed by atoms with Crippen LogP contribution in [0.1, 0.15) is 18.2 Å². The smallest absolute Gasteiger partial charge is 0.384 e.